The van der Waals surface area contributed by atoms with Gasteiger partial charge in [0.05, 0.1) is 5.69 Å². The van der Waals surface area contributed by atoms with Crippen molar-refractivity contribution in [2.24, 2.45) is 0 Å². The minimum absolute atomic E-state index is 0.146. The summed E-state index contributed by atoms with van der Waals surface area (Å²) < 4.78 is 6.34. The number of nitrogens with zero attached hydrogens (tertiary/aromatic N) is 3. The van der Waals surface area contributed by atoms with E-state index in [0.29, 0.717) is 16.2 Å². The molecule has 2 aromatic heterocycles. The smallest absolute Gasteiger partial charge is 0.325 e. The van der Waals surface area contributed by atoms with Gasteiger partial charge in [-0.1, -0.05) is 36.5 Å². The summed E-state index contributed by atoms with van der Waals surface area (Å²) in [6, 6.07) is 9.85. The van der Waals surface area contributed by atoms with Crippen molar-refractivity contribution in [2.45, 2.75) is 26.4 Å². The van der Waals surface area contributed by atoms with E-state index >= 15 is 0 Å². The minimum atomic E-state index is -0.614. The first kappa shape index (κ1) is 18.7. The molecule has 0 atom stereocenters. The summed E-state index contributed by atoms with van der Waals surface area (Å²) >= 11 is 1.34. The van der Waals surface area contributed by atoms with Crippen molar-refractivity contribution in [1.29, 1.82) is 0 Å². The molecule has 0 spiro atoms. The van der Waals surface area contributed by atoms with Crippen LogP contribution in [0.25, 0.3) is 4.96 Å². The Hall–Kier alpha value is -3.07. The van der Waals surface area contributed by atoms with Gasteiger partial charge in [-0.15, -0.1) is 0 Å². The fourth-order valence-electron chi connectivity index (χ4n) is 2.33. The molecule has 0 radical (unpaired) electrons. The molecule has 1 N–H and O–H groups in total. The maximum Gasteiger partial charge on any atom is 0.325 e. The molecule has 0 unspecified atom stereocenters. The fraction of sp³-hybridized carbons (Fsp3) is 0.278. The van der Waals surface area contributed by atoms with Gasteiger partial charge < -0.3 is 10.1 Å². The summed E-state index contributed by atoms with van der Waals surface area (Å²) in [4.78, 5) is 40.6. The predicted octanol–water partition coefficient (Wildman–Crippen LogP) is 1.58. The molecule has 0 saturated heterocycles. The van der Waals surface area contributed by atoms with Crippen molar-refractivity contribution in [3.05, 3.63) is 63.0 Å². The molecule has 140 valence electrons. The molecular weight excluding hydrogens is 368 g/mol. The highest BCUT2D eigenvalue weighted by atomic mass is 32.1. The third kappa shape index (κ3) is 4.76. The molecule has 0 fully saturated rings. The van der Waals surface area contributed by atoms with E-state index in [1.54, 1.807) is 30.3 Å². The normalized spacial score (nSPS) is 10.7. The molecule has 27 heavy (non-hydrogen) atoms. The molecule has 2 heterocycles. The van der Waals surface area contributed by atoms with Gasteiger partial charge in [-0.05, 0) is 18.6 Å². The molecule has 3 aromatic rings. The van der Waals surface area contributed by atoms with E-state index in [1.807, 2.05) is 6.92 Å². The molecule has 9 heteroatoms. The molecule has 0 bridgehead atoms. The van der Waals surface area contributed by atoms with Crippen molar-refractivity contribution in [1.82, 2.24) is 19.9 Å². The van der Waals surface area contributed by atoms with Crippen LogP contribution >= 0.6 is 11.3 Å². The van der Waals surface area contributed by atoms with Crippen LogP contribution in [-0.4, -0.2) is 33.0 Å². The van der Waals surface area contributed by atoms with Crippen molar-refractivity contribution < 1.29 is 14.3 Å². The van der Waals surface area contributed by atoms with E-state index in [-0.39, 0.29) is 24.6 Å². The van der Waals surface area contributed by atoms with Gasteiger partial charge in [-0.3, -0.25) is 14.4 Å². The van der Waals surface area contributed by atoms with Gasteiger partial charge in [-0.25, -0.2) is 4.98 Å². The number of nitrogens with one attached hydrogen (secondary N) is 1. The van der Waals surface area contributed by atoms with Crippen LogP contribution < -0.4 is 10.9 Å². The summed E-state index contributed by atoms with van der Waals surface area (Å²) in [5.41, 5.74) is 0.481. The standard InChI is InChI=1S/C18H18N4O4S/c1-2-6-14-21-22-15(23)9-13(20-18(22)27-14)11-26-16(24)10-19-17(25)12-7-4-3-5-8-12/h3-5,7-9H,2,6,10-11H2,1H3,(H,19,25). The SMILES string of the molecule is CCCc1nn2c(=O)cc(COC(=O)CNC(=O)c3ccccc3)nc2s1. The van der Waals surface area contributed by atoms with Crippen molar-refractivity contribution >= 4 is 28.2 Å². The molecule has 0 aliphatic carbocycles. The van der Waals surface area contributed by atoms with Crippen molar-refractivity contribution in [3.63, 3.8) is 0 Å². The van der Waals surface area contributed by atoms with Crippen LogP contribution in [0.5, 0.6) is 0 Å². The maximum atomic E-state index is 12.1. The van der Waals surface area contributed by atoms with Gasteiger partial charge in [0.1, 0.15) is 18.2 Å². The Kier molecular flexibility index (Phi) is 5.92. The van der Waals surface area contributed by atoms with E-state index in [2.05, 4.69) is 15.4 Å². The number of rotatable bonds is 7. The summed E-state index contributed by atoms with van der Waals surface area (Å²) in [6.45, 7) is 1.62. The first-order chi connectivity index (χ1) is 13.1. The fourth-order valence-corrected chi connectivity index (χ4v) is 3.35. The number of esters is 1. The molecule has 1 aromatic carbocycles. The number of hydrogen-bond donors (Lipinski definition) is 1. The molecule has 0 aliphatic heterocycles. The lowest BCUT2D eigenvalue weighted by Gasteiger charge is -2.06. The number of fused-ring (bicyclic) bond motifs is 1. The number of amides is 1. The summed E-state index contributed by atoms with van der Waals surface area (Å²) in [5, 5.41) is 7.54. The first-order valence-corrected chi connectivity index (χ1v) is 9.26. The van der Waals surface area contributed by atoms with Crippen molar-refractivity contribution in [3.8, 4) is 0 Å². The monoisotopic (exact) mass is 386 g/mol. The Bertz CT molecular complexity index is 1010. The van der Waals surface area contributed by atoms with Crippen LogP contribution in [0.1, 0.15) is 34.4 Å². The van der Waals surface area contributed by atoms with Gasteiger partial charge in [0.15, 0.2) is 0 Å². The highest BCUT2D eigenvalue weighted by Gasteiger charge is 2.12. The van der Waals surface area contributed by atoms with Gasteiger partial charge in [0.25, 0.3) is 11.5 Å². The number of carbonyl (C=O) groups is 2. The number of benzene rings is 1. The average Bonchev–Trinajstić information content (AvgIpc) is 3.08. The quantitative estimate of drug-likeness (QED) is 0.619. The molecule has 0 saturated carbocycles. The van der Waals surface area contributed by atoms with Crippen LogP contribution in [0.4, 0.5) is 0 Å². The Labute approximate surface area is 158 Å². The van der Waals surface area contributed by atoms with E-state index in [9.17, 15) is 14.4 Å². The third-order valence-electron chi connectivity index (χ3n) is 3.61. The predicted molar refractivity (Wildman–Crippen MR) is 99.7 cm³/mol. The average molecular weight is 386 g/mol. The van der Waals surface area contributed by atoms with Gasteiger partial charge >= 0.3 is 5.97 Å². The van der Waals surface area contributed by atoms with Gasteiger partial charge in [0.2, 0.25) is 4.96 Å². The number of hydrogen-bond acceptors (Lipinski definition) is 7. The Morgan fingerprint density at radius 2 is 2.04 bits per heavy atom. The summed E-state index contributed by atoms with van der Waals surface area (Å²) in [7, 11) is 0. The van der Waals surface area contributed by atoms with E-state index in [1.165, 1.54) is 21.9 Å². The zero-order valence-electron chi connectivity index (χ0n) is 14.7. The maximum absolute atomic E-state index is 12.1. The second-order valence-electron chi connectivity index (χ2n) is 5.74. The highest BCUT2D eigenvalue weighted by molar-refractivity contribution is 7.16. The molecule has 0 aliphatic rings. The molecule has 8 nitrogen and oxygen atoms in total. The first-order valence-electron chi connectivity index (χ1n) is 8.44. The molecule has 1 amide bonds. The van der Waals surface area contributed by atoms with Crippen LogP contribution in [0, 0.1) is 0 Å². The van der Waals surface area contributed by atoms with Crippen LogP contribution in [0.3, 0.4) is 0 Å². The van der Waals surface area contributed by atoms with Crippen LogP contribution in [0.15, 0.2) is 41.2 Å². The van der Waals surface area contributed by atoms with E-state index in [4.69, 9.17) is 4.74 Å². The Balaban J connectivity index is 1.57. The highest BCUT2D eigenvalue weighted by Crippen LogP contribution is 2.13. The lowest BCUT2D eigenvalue weighted by Crippen LogP contribution is -2.30. The topological polar surface area (TPSA) is 103 Å². The molecular formula is C18H18N4O4S. The lowest BCUT2D eigenvalue weighted by atomic mass is 10.2. The molecule has 3 rings (SSSR count). The van der Waals surface area contributed by atoms with E-state index < -0.39 is 5.97 Å². The second-order valence-corrected chi connectivity index (χ2v) is 6.78. The van der Waals surface area contributed by atoms with Gasteiger partial charge in [0, 0.05) is 18.1 Å². The zero-order chi connectivity index (χ0) is 19.2. The van der Waals surface area contributed by atoms with Gasteiger partial charge in [-0.2, -0.15) is 9.61 Å². The summed E-state index contributed by atoms with van der Waals surface area (Å²) in [5.74, 6) is -0.976. The second kappa shape index (κ2) is 8.54. The van der Waals surface area contributed by atoms with Crippen molar-refractivity contribution in [2.75, 3.05) is 6.54 Å². The zero-order valence-corrected chi connectivity index (χ0v) is 15.5. The Morgan fingerprint density at radius 1 is 1.26 bits per heavy atom. The van der Waals surface area contributed by atoms with Crippen LogP contribution in [-0.2, 0) is 22.6 Å². The van der Waals surface area contributed by atoms with E-state index in [0.717, 1.165) is 17.8 Å². The van der Waals surface area contributed by atoms with Crippen LogP contribution in [0.2, 0.25) is 0 Å². The minimum Gasteiger partial charge on any atom is -0.458 e. The number of aromatic nitrogens is 3. The largest absolute Gasteiger partial charge is 0.458 e. The summed E-state index contributed by atoms with van der Waals surface area (Å²) in [6.07, 6.45) is 1.70. The Morgan fingerprint density at radius 3 is 2.78 bits per heavy atom. The number of ether oxygens (including phenoxy) is 1. The third-order valence-corrected chi connectivity index (χ3v) is 4.58. The number of aryl methyl sites for hydroxylation is 1. The number of carbonyl (C=O) groups excluding carboxylic acids is 2. The lowest BCUT2D eigenvalue weighted by molar-refractivity contribution is -0.143.